The van der Waals surface area contributed by atoms with Gasteiger partial charge in [-0.15, -0.1) is 0 Å². The average Bonchev–Trinajstić information content (AvgIpc) is 3.82. The molecular weight excluding hydrogens is 634 g/mol. The molecule has 4 aliphatic heterocycles. The number of aliphatic imine (C=N–C) groups is 2. The van der Waals surface area contributed by atoms with E-state index in [1.165, 1.54) is 18.4 Å². The molecule has 0 aromatic heterocycles. The maximum absolute atomic E-state index is 13.7. The van der Waals surface area contributed by atoms with Crippen molar-refractivity contribution in [3.05, 3.63) is 83.2 Å². The zero-order valence-electron chi connectivity index (χ0n) is 28.3. The summed E-state index contributed by atoms with van der Waals surface area (Å²) in [7, 11) is 5.00. The number of methoxy groups -OCH3 is 2. The van der Waals surface area contributed by atoms with Gasteiger partial charge in [-0.2, -0.15) is 0 Å². The molecule has 3 aromatic rings. The van der Waals surface area contributed by atoms with Crippen molar-refractivity contribution in [2.45, 2.75) is 44.2 Å². The fourth-order valence-electron chi connectivity index (χ4n) is 6.98. The molecule has 1 aliphatic carbocycles. The third kappa shape index (κ3) is 5.86. The zero-order chi connectivity index (χ0) is 34.4. The largest absolute Gasteiger partial charge is 0.493 e. The minimum Gasteiger partial charge on any atom is -0.493 e. The van der Waals surface area contributed by atoms with Crippen molar-refractivity contribution < 1.29 is 28.5 Å². The number of hydrogen-bond donors (Lipinski definition) is 1. The molecule has 0 unspecified atom stereocenters. The van der Waals surface area contributed by atoms with Crippen LogP contribution in [0.15, 0.2) is 76.5 Å². The van der Waals surface area contributed by atoms with E-state index in [1.54, 1.807) is 48.3 Å². The molecule has 4 heterocycles. The van der Waals surface area contributed by atoms with Gasteiger partial charge in [-0.05, 0) is 66.2 Å². The maximum Gasteiger partial charge on any atom is 0.260 e. The van der Waals surface area contributed by atoms with Crippen LogP contribution >= 0.6 is 0 Å². The van der Waals surface area contributed by atoms with Gasteiger partial charge in [0.1, 0.15) is 0 Å². The second-order valence-electron chi connectivity index (χ2n) is 13.1. The topological polar surface area (TPSA) is 114 Å². The van der Waals surface area contributed by atoms with E-state index in [0.717, 1.165) is 23.2 Å². The molecule has 256 valence electrons. The Morgan fingerprint density at radius 2 is 1.30 bits per heavy atom. The second-order valence-corrected chi connectivity index (χ2v) is 13.1. The first-order valence-electron chi connectivity index (χ1n) is 17.1. The number of hydrogen-bond acceptors (Lipinski definition) is 9. The molecule has 11 nitrogen and oxygen atoms in total. The molecule has 50 heavy (non-hydrogen) atoms. The number of nitrogens with one attached hydrogen (secondary N) is 1. The predicted octanol–water partition coefficient (Wildman–Crippen LogP) is 6.79. The lowest BCUT2D eigenvalue weighted by Crippen LogP contribution is -2.32. The molecule has 0 bridgehead atoms. The highest BCUT2D eigenvalue weighted by Crippen LogP contribution is 2.45. The third-order valence-electron chi connectivity index (χ3n) is 9.90. The highest BCUT2D eigenvalue weighted by atomic mass is 16.5. The van der Waals surface area contributed by atoms with Gasteiger partial charge in [0.25, 0.3) is 11.8 Å². The number of fused-ring (bicyclic) bond motifs is 4. The highest BCUT2D eigenvalue weighted by Gasteiger charge is 2.38. The van der Waals surface area contributed by atoms with Crippen LogP contribution in [0.3, 0.4) is 0 Å². The van der Waals surface area contributed by atoms with Crippen molar-refractivity contribution in [3.63, 3.8) is 0 Å². The number of anilines is 1. The third-order valence-corrected chi connectivity index (χ3v) is 9.90. The van der Waals surface area contributed by atoms with E-state index in [1.807, 2.05) is 44.0 Å². The fraction of sp³-hybridized carbons (Fsp3) is 0.333. The second kappa shape index (κ2) is 13.0. The normalized spacial score (nSPS) is 20.2. The summed E-state index contributed by atoms with van der Waals surface area (Å²) in [4.78, 5) is 40.1. The summed E-state index contributed by atoms with van der Waals surface area (Å²) in [5.41, 5.74) is 6.59. The Hall–Kier alpha value is -5.58. The summed E-state index contributed by atoms with van der Waals surface area (Å²) in [5.74, 6) is 2.33. The molecule has 3 aromatic carbocycles. The van der Waals surface area contributed by atoms with Crippen LogP contribution in [0.25, 0.3) is 5.57 Å². The lowest BCUT2D eigenvalue weighted by atomic mass is 10.0. The van der Waals surface area contributed by atoms with Crippen LogP contribution in [0.1, 0.15) is 58.4 Å². The smallest absolute Gasteiger partial charge is 0.260 e. The van der Waals surface area contributed by atoms with Crippen LogP contribution in [0, 0.1) is 5.92 Å². The Kier molecular flexibility index (Phi) is 8.26. The first kappa shape index (κ1) is 31.7. The maximum atomic E-state index is 13.7. The first-order chi connectivity index (χ1) is 24.4. The van der Waals surface area contributed by atoms with Crippen molar-refractivity contribution in [3.8, 4) is 23.0 Å². The summed E-state index contributed by atoms with van der Waals surface area (Å²) in [5, 5.41) is 3.13. The molecule has 0 radical (unpaired) electrons. The van der Waals surface area contributed by atoms with Crippen LogP contribution in [0.2, 0.25) is 0 Å². The zero-order valence-corrected chi connectivity index (χ0v) is 28.3. The summed E-state index contributed by atoms with van der Waals surface area (Å²) < 4.78 is 23.5. The Bertz CT molecular complexity index is 1980. The highest BCUT2D eigenvalue weighted by molar-refractivity contribution is 6.06. The number of ether oxygens (including phenoxy) is 4. The molecule has 1 N–H and O–H groups in total. The van der Waals surface area contributed by atoms with Gasteiger partial charge in [-0.25, -0.2) is 0 Å². The Labute approximate surface area is 290 Å². The molecular formula is C39H39N5O6. The molecule has 2 atom stereocenters. The summed E-state index contributed by atoms with van der Waals surface area (Å²) >= 11 is 0. The standard InChI is InChI=1S/C39H39N5O6/c1-40-27-9-7-24(8-10-27)26-14-29-20-42-33-18-37(35(48-3)16-31(33)39(46)44(29)22-26)50-12-4-11-49-36-17-32-30(15-34(36)47-2)38(45)43-21-25(23-5-6-23)13-28(43)19-41-32/h7-10,15-23,28-29,40H,4-6,11-14H2,1-3H3/t28-,29-/m0/s1. The van der Waals surface area contributed by atoms with Crippen LogP contribution < -0.4 is 24.3 Å². The van der Waals surface area contributed by atoms with E-state index in [2.05, 4.69) is 22.4 Å². The van der Waals surface area contributed by atoms with E-state index in [-0.39, 0.29) is 23.9 Å². The van der Waals surface area contributed by atoms with Crippen molar-refractivity contribution in [2.24, 2.45) is 15.9 Å². The van der Waals surface area contributed by atoms with Gasteiger partial charge in [0.05, 0.1) is 62.0 Å². The number of nitrogens with zero attached hydrogens (tertiary/aromatic N) is 4. The van der Waals surface area contributed by atoms with E-state index in [9.17, 15) is 9.59 Å². The molecule has 11 heteroatoms. The van der Waals surface area contributed by atoms with Crippen LogP contribution in [-0.4, -0.2) is 80.6 Å². The van der Waals surface area contributed by atoms with Crippen LogP contribution in [-0.2, 0) is 0 Å². The Balaban J connectivity index is 0.913. The Morgan fingerprint density at radius 1 is 0.740 bits per heavy atom. The number of rotatable bonds is 11. The lowest BCUT2D eigenvalue weighted by Gasteiger charge is -2.19. The number of carbonyl (C=O) groups is 2. The van der Waals surface area contributed by atoms with Crippen molar-refractivity contribution in [1.82, 2.24) is 9.80 Å². The number of carbonyl (C=O) groups excluding carboxylic acids is 2. The van der Waals surface area contributed by atoms with E-state index in [0.29, 0.717) is 77.5 Å². The van der Waals surface area contributed by atoms with E-state index in [4.69, 9.17) is 23.9 Å². The quantitative estimate of drug-likeness (QED) is 0.223. The monoisotopic (exact) mass is 673 g/mol. The molecule has 1 saturated carbocycles. The predicted molar refractivity (Wildman–Crippen MR) is 192 cm³/mol. The van der Waals surface area contributed by atoms with Crippen molar-refractivity contribution >= 4 is 46.9 Å². The van der Waals surface area contributed by atoms with E-state index < -0.39 is 0 Å². The number of amides is 2. The van der Waals surface area contributed by atoms with Crippen LogP contribution in [0.5, 0.6) is 23.0 Å². The fourth-order valence-corrected chi connectivity index (χ4v) is 6.98. The van der Waals surface area contributed by atoms with E-state index >= 15 is 0 Å². The van der Waals surface area contributed by atoms with Crippen LogP contribution in [0.4, 0.5) is 17.1 Å². The first-order valence-corrected chi connectivity index (χ1v) is 17.1. The molecule has 5 aliphatic rings. The van der Waals surface area contributed by atoms with Gasteiger partial charge < -0.3 is 34.1 Å². The van der Waals surface area contributed by atoms with Gasteiger partial charge >= 0.3 is 0 Å². The van der Waals surface area contributed by atoms with Gasteiger partial charge in [0.2, 0.25) is 0 Å². The average molecular weight is 674 g/mol. The Morgan fingerprint density at radius 3 is 1.84 bits per heavy atom. The molecule has 8 rings (SSSR count). The molecule has 2 amide bonds. The summed E-state index contributed by atoms with van der Waals surface area (Å²) in [6.07, 6.45) is 12.1. The minimum atomic E-state index is -0.177. The van der Waals surface area contributed by atoms with Crippen molar-refractivity contribution in [2.75, 3.05) is 39.8 Å². The van der Waals surface area contributed by atoms with Gasteiger partial charge in [-0.3, -0.25) is 19.6 Å². The molecule has 0 spiro atoms. The number of benzene rings is 3. The van der Waals surface area contributed by atoms with Gasteiger partial charge in [-0.1, -0.05) is 12.1 Å². The summed E-state index contributed by atoms with van der Waals surface area (Å²) in [6, 6.07) is 14.9. The molecule has 1 fully saturated rings. The molecule has 0 saturated heterocycles. The SMILES string of the molecule is CNc1ccc(C2=CN3C(=O)c4cc(OC)c(OCCCOc5cc6c(cc5OC)C(=O)N5C=C(C7CC7)C[C@H]5C=N6)cc4N=C[C@@H]3C2)cc1. The minimum absolute atomic E-state index is 0.0550. The van der Waals surface area contributed by atoms with Gasteiger partial charge in [0.15, 0.2) is 23.0 Å². The van der Waals surface area contributed by atoms with Crippen molar-refractivity contribution in [1.29, 1.82) is 0 Å². The summed E-state index contributed by atoms with van der Waals surface area (Å²) in [6.45, 7) is 0.665. The van der Waals surface area contributed by atoms with Gasteiger partial charge in [0, 0.05) is 62.5 Å². The lowest BCUT2D eigenvalue weighted by molar-refractivity contribution is 0.0809.